The first-order chi connectivity index (χ1) is 15.5. The van der Waals surface area contributed by atoms with Crippen molar-refractivity contribution in [3.05, 3.63) is 71.0 Å². The van der Waals surface area contributed by atoms with Crippen LogP contribution in [0.1, 0.15) is 60.5 Å². The van der Waals surface area contributed by atoms with E-state index in [2.05, 4.69) is 28.9 Å². The Bertz CT molecular complexity index is 1260. The van der Waals surface area contributed by atoms with E-state index in [0.717, 1.165) is 35.5 Å². The molecule has 0 atom stereocenters. The predicted octanol–water partition coefficient (Wildman–Crippen LogP) is 5.21. The van der Waals surface area contributed by atoms with Crippen LogP contribution in [0.2, 0.25) is 5.02 Å². The maximum absolute atomic E-state index is 13.4. The quantitative estimate of drug-likeness (QED) is 0.427. The zero-order valence-corrected chi connectivity index (χ0v) is 18.8. The minimum Gasteiger partial charge on any atom is -0.440 e. The third-order valence-corrected chi connectivity index (χ3v) is 6.18. The topological polar surface area (TPSA) is 77.0 Å². The molecule has 1 fully saturated rings. The number of halogens is 1. The molecule has 1 aromatic carbocycles. The number of aromatic nitrogens is 4. The zero-order chi connectivity index (χ0) is 22.2. The highest BCUT2D eigenvalue weighted by Gasteiger charge is 2.30. The number of nitrogens with zero attached hydrogens (tertiary/aromatic N) is 5. The van der Waals surface area contributed by atoms with E-state index in [4.69, 9.17) is 16.0 Å². The Morgan fingerprint density at radius 3 is 2.72 bits per heavy atom. The average Bonchev–Trinajstić information content (AvgIpc) is 3.44. The smallest absolute Gasteiger partial charge is 0.257 e. The summed E-state index contributed by atoms with van der Waals surface area (Å²) in [4.78, 5) is 24.3. The lowest BCUT2D eigenvalue weighted by Crippen LogP contribution is -2.38. The van der Waals surface area contributed by atoms with Crippen LogP contribution in [0.15, 0.2) is 53.2 Å². The lowest BCUT2D eigenvalue weighted by atomic mass is 9.96. The lowest BCUT2D eigenvalue weighted by Gasteiger charge is -2.30. The largest absolute Gasteiger partial charge is 0.440 e. The molecular formula is C24H24ClN5O2. The second-order valence-electron chi connectivity index (χ2n) is 8.43. The number of piperidine rings is 1. The van der Waals surface area contributed by atoms with Crippen LogP contribution in [0.3, 0.4) is 0 Å². The monoisotopic (exact) mass is 449 g/mol. The molecular weight excluding hydrogens is 426 g/mol. The fourth-order valence-electron chi connectivity index (χ4n) is 4.33. The Labute approximate surface area is 191 Å². The third kappa shape index (κ3) is 3.77. The number of amides is 1. The molecule has 0 aliphatic carbocycles. The van der Waals surface area contributed by atoms with Crippen molar-refractivity contribution in [2.45, 2.75) is 38.5 Å². The van der Waals surface area contributed by atoms with Gasteiger partial charge in [-0.1, -0.05) is 31.5 Å². The third-order valence-electron chi connectivity index (χ3n) is 5.95. The lowest BCUT2D eigenvalue weighted by molar-refractivity contribution is 0.0705. The highest BCUT2D eigenvalue weighted by atomic mass is 35.5. The minimum absolute atomic E-state index is 0.0127. The molecule has 1 amide bonds. The van der Waals surface area contributed by atoms with E-state index in [9.17, 15) is 4.79 Å². The number of fused-ring (bicyclic) bond motifs is 1. The van der Waals surface area contributed by atoms with Gasteiger partial charge in [-0.05, 0) is 49.1 Å². The van der Waals surface area contributed by atoms with E-state index in [1.807, 2.05) is 35.2 Å². The van der Waals surface area contributed by atoms with Gasteiger partial charge in [0.25, 0.3) is 5.91 Å². The highest BCUT2D eigenvalue weighted by molar-refractivity contribution is 6.31. The van der Waals surface area contributed by atoms with Crippen molar-refractivity contribution in [1.29, 1.82) is 0 Å². The molecule has 0 bridgehead atoms. The Morgan fingerprint density at radius 1 is 1.19 bits per heavy atom. The predicted molar refractivity (Wildman–Crippen MR) is 122 cm³/mol. The van der Waals surface area contributed by atoms with Gasteiger partial charge in [0.15, 0.2) is 17.3 Å². The van der Waals surface area contributed by atoms with Crippen molar-refractivity contribution in [2.24, 2.45) is 0 Å². The van der Waals surface area contributed by atoms with Gasteiger partial charge in [-0.15, -0.1) is 0 Å². The molecule has 164 valence electrons. The fraction of sp³-hybridized carbons (Fsp3) is 0.333. The summed E-state index contributed by atoms with van der Waals surface area (Å²) in [5.74, 6) is 1.76. The van der Waals surface area contributed by atoms with Gasteiger partial charge in [-0.3, -0.25) is 4.79 Å². The molecule has 5 rings (SSSR count). The number of oxazole rings is 1. The number of hydrogen-bond acceptors (Lipinski definition) is 5. The van der Waals surface area contributed by atoms with Crippen LogP contribution < -0.4 is 0 Å². The number of rotatable bonds is 4. The first-order valence-corrected chi connectivity index (χ1v) is 11.2. The summed E-state index contributed by atoms with van der Waals surface area (Å²) in [7, 11) is 0. The average molecular weight is 450 g/mol. The molecule has 3 aromatic heterocycles. The molecule has 1 saturated heterocycles. The summed E-state index contributed by atoms with van der Waals surface area (Å²) in [5, 5.41) is 5.13. The summed E-state index contributed by atoms with van der Waals surface area (Å²) in [6.07, 6.45) is 5.01. The van der Waals surface area contributed by atoms with Crippen molar-refractivity contribution < 1.29 is 9.21 Å². The van der Waals surface area contributed by atoms with E-state index >= 15 is 0 Å². The summed E-state index contributed by atoms with van der Waals surface area (Å²) in [6.45, 7) is 5.43. The first kappa shape index (κ1) is 20.7. The molecule has 7 nitrogen and oxygen atoms in total. The van der Waals surface area contributed by atoms with Crippen molar-refractivity contribution in [3.63, 3.8) is 0 Å². The van der Waals surface area contributed by atoms with Gasteiger partial charge in [-0.2, -0.15) is 5.10 Å². The highest BCUT2D eigenvalue weighted by Crippen LogP contribution is 2.32. The molecule has 0 N–H and O–H groups in total. The van der Waals surface area contributed by atoms with Crippen LogP contribution in [-0.4, -0.2) is 43.6 Å². The molecule has 32 heavy (non-hydrogen) atoms. The van der Waals surface area contributed by atoms with Crippen LogP contribution >= 0.6 is 11.6 Å². The van der Waals surface area contributed by atoms with Gasteiger partial charge >= 0.3 is 0 Å². The summed E-state index contributed by atoms with van der Waals surface area (Å²) >= 11 is 6.07. The van der Waals surface area contributed by atoms with E-state index in [1.54, 1.807) is 23.1 Å². The van der Waals surface area contributed by atoms with E-state index in [-0.39, 0.29) is 17.7 Å². The van der Waals surface area contributed by atoms with Gasteiger partial charge in [0.1, 0.15) is 5.52 Å². The van der Waals surface area contributed by atoms with Crippen molar-refractivity contribution >= 4 is 28.6 Å². The van der Waals surface area contributed by atoms with Crippen molar-refractivity contribution in [3.8, 4) is 5.82 Å². The van der Waals surface area contributed by atoms with Gasteiger partial charge < -0.3 is 9.32 Å². The second kappa shape index (κ2) is 8.39. The maximum Gasteiger partial charge on any atom is 0.257 e. The summed E-state index contributed by atoms with van der Waals surface area (Å²) < 4.78 is 7.72. The number of carbonyl (C=O) groups excluding carboxylic acids is 1. The molecule has 4 aromatic rings. The molecule has 8 heteroatoms. The summed E-state index contributed by atoms with van der Waals surface area (Å²) in [5.41, 5.74) is 3.04. The first-order valence-electron chi connectivity index (χ1n) is 10.9. The van der Waals surface area contributed by atoms with Crippen molar-refractivity contribution in [1.82, 2.24) is 24.6 Å². The standard InChI is InChI=1S/C24H24ClN5O2/c1-15(2)22-18(14-27-30(22)21-5-3-4-10-26-21)24(31)29-11-8-16(9-12-29)23-28-19-13-17(25)6-7-20(19)32-23/h3-7,10,13-16H,8-9,11-12H2,1-2H3. The number of hydrogen-bond donors (Lipinski definition) is 0. The molecule has 0 spiro atoms. The molecule has 1 aliphatic rings. The molecule has 4 heterocycles. The second-order valence-corrected chi connectivity index (χ2v) is 8.86. The number of benzene rings is 1. The molecule has 1 aliphatic heterocycles. The van der Waals surface area contributed by atoms with Gasteiger partial charge in [-0.25, -0.2) is 14.6 Å². The van der Waals surface area contributed by atoms with Crippen LogP contribution in [0.4, 0.5) is 0 Å². The maximum atomic E-state index is 13.4. The zero-order valence-electron chi connectivity index (χ0n) is 18.0. The Hall–Kier alpha value is -3.19. The number of likely N-dealkylation sites (tertiary alicyclic amines) is 1. The normalized spacial score (nSPS) is 15.1. The Morgan fingerprint density at radius 2 is 2.00 bits per heavy atom. The number of carbonyl (C=O) groups is 1. The Balaban J connectivity index is 1.34. The van der Waals surface area contributed by atoms with Gasteiger partial charge in [0.2, 0.25) is 0 Å². The Kier molecular flexibility index (Phi) is 5.43. The number of pyridine rings is 1. The minimum atomic E-state index is 0.0127. The van der Waals surface area contributed by atoms with Crippen LogP contribution in [-0.2, 0) is 0 Å². The molecule has 0 unspecified atom stereocenters. The fourth-order valence-corrected chi connectivity index (χ4v) is 4.50. The molecule has 0 radical (unpaired) electrons. The van der Waals surface area contributed by atoms with Crippen LogP contribution in [0.5, 0.6) is 0 Å². The van der Waals surface area contributed by atoms with Crippen LogP contribution in [0.25, 0.3) is 16.9 Å². The summed E-state index contributed by atoms with van der Waals surface area (Å²) in [6, 6.07) is 11.1. The van der Waals surface area contributed by atoms with Crippen molar-refractivity contribution in [2.75, 3.05) is 13.1 Å². The van der Waals surface area contributed by atoms with Crippen LogP contribution in [0, 0.1) is 0 Å². The van der Waals surface area contributed by atoms with E-state index < -0.39 is 0 Å². The van der Waals surface area contributed by atoms with E-state index in [0.29, 0.717) is 29.5 Å². The van der Waals surface area contributed by atoms with Gasteiger partial charge in [0, 0.05) is 30.2 Å². The molecule has 0 saturated carbocycles. The SMILES string of the molecule is CC(C)c1c(C(=O)N2CCC(c3nc4cc(Cl)ccc4o3)CC2)cnn1-c1ccccn1. The van der Waals surface area contributed by atoms with Gasteiger partial charge in [0.05, 0.1) is 17.5 Å². The van der Waals surface area contributed by atoms with E-state index in [1.165, 1.54) is 0 Å².